The van der Waals surface area contributed by atoms with Crippen LogP contribution in [0.2, 0.25) is 0 Å². The molecule has 2 saturated heterocycles. The van der Waals surface area contributed by atoms with Crippen molar-refractivity contribution in [2.75, 3.05) is 0 Å². The molecule has 2 aliphatic heterocycles. The summed E-state index contributed by atoms with van der Waals surface area (Å²) in [7, 11) is 1.75. The van der Waals surface area contributed by atoms with Gasteiger partial charge in [-0.3, -0.25) is 18.7 Å². The summed E-state index contributed by atoms with van der Waals surface area (Å²) in [5, 5.41) is 20.0. The summed E-state index contributed by atoms with van der Waals surface area (Å²) in [4.78, 5) is 15.2. The highest BCUT2D eigenvalue weighted by molar-refractivity contribution is 5.81. The van der Waals surface area contributed by atoms with Crippen molar-refractivity contribution in [1.29, 1.82) is 0 Å². The monoisotopic (exact) mass is 367 g/mol. The number of aliphatic hydroxyl groups is 1. The highest BCUT2D eigenvalue weighted by Gasteiger charge is 2.45. The number of hydrogen-bond acceptors (Lipinski definition) is 5. The van der Waals surface area contributed by atoms with Crippen molar-refractivity contribution in [3.05, 3.63) is 39.9 Å². The van der Waals surface area contributed by atoms with Crippen LogP contribution in [0.4, 0.5) is 0 Å². The summed E-state index contributed by atoms with van der Waals surface area (Å²) >= 11 is 0. The molecule has 2 bridgehead atoms. The van der Waals surface area contributed by atoms with Crippen molar-refractivity contribution < 1.29 is 5.11 Å². The first-order valence-electron chi connectivity index (χ1n) is 9.65. The first-order chi connectivity index (χ1) is 12.8. The lowest BCUT2D eigenvalue weighted by molar-refractivity contribution is -0.0419. The molecule has 1 N–H and O–H groups in total. The van der Waals surface area contributed by atoms with Crippen LogP contribution in [-0.2, 0) is 13.6 Å². The molecule has 2 aliphatic rings. The number of rotatable bonds is 2. The second-order valence-electron chi connectivity index (χ2n) is 8.60. The minimum atomic E-state index is -0.566. The van der Waals surface area contributed by atoms with Gasteiger partial charge in [-0.2, -0.15) is 0 Å². The summed E-state index contributed by atoms with van der Waals surface area (Å²) in [6.45, 7) is 4.63. The summed E-state index contributed by atoms with van der Waals surface area (Å²) in [5.41, 5.74) is 1.30. The maximum absolute atomic E-state index is 12.7. The summed E-state index contributed by atoms with van der Waals surface area (Å²) in [5.74, 6) is 1.43. The molecule has 2 atom stereocenters. The number of fused-ring (bicyclic) bond motifs is 5. The molecule has 4 heterocycles. The zero-order chi connectivity index (χ0) is 18.9. The van der Waals surface area contributed by atoms with Crippen LogP contribution in [0.25, 0.3) is 16.7 Å². The maximum Gasteiger partial charge on any atom is 0.262 e. The number of hydrogen-bond donors (Lipinski definition) is 1. The third-order valence-electron chi connectivity index (χ3n) is 6.39. The molecule has 7 nitrogen and oxygen atoms in total. The molecule has 0 saturated carbocycles. The summed E-state index contributed by atoms with van der Waals surface area (Å²) in [6, 6.07) is 6.70. The molecular formula is C20H25N5O2. The minimum Gasteiger partial charge on any atom is -0.390 e. The molecule has 3 aromatic rings. The smallest absolute Gasteiger partial charge is 0.262 e. The average Bonchev–Trinajstić information content (AvgIpc) is 3.13. The van der Waals surface area contributed by atoms with E-state index in [1.807, 2.05) is 36.4 Å². The van der Waals surface area contributed by atoms with Crippen molar-refractivity contribution in [2.45, 2.75) is 63.8 Å². The van der Waals surface area contributed by atoms with Gasteiger partial charge in [0.15, 0.2) is 5.82 Å². The van der Waals surface area contributed by atoms with E-state index in [1.165, 1.54) is 0 Å². The van der Waals surface area contributed by atoms with E-state index in [2.05, 4.69) is 15.1 Å². The van der Waals surface area contributed by atoms with E-state index in [1.54, 1.807) is 11.6 Å². The fourth-order valence-corrected chi connectivity index (χ4v) is 5.13. The number of piperidine rings is 1. The van der Waals surface area contributed by atoms with Crippen molar-refractivity contribution in [3.8, 4) is 0 Å². The first kappa shape index (κ1) is 16.9. The van der Waals surface area contributed by atoms with E-state index in [-0.39, 0.29) is 5.56 Å². The van der Waals surface area contributed by atoms with Crippen LogP contribution in [0, 0.1) is 6.92 Å². The largest absolute Gasteiger partial charge is 0.390 e. The second kappa shape index (κ2) is 5.62. The topological polar surface area (TPSA) is 75.7 Å². The van der Waals surface area contributed by atoms with Gasteiger partial charge in [-0.05, 0) is 51.7 Å². The lowest BCUT2D eigenvalue weighted by atomic mass is 9.88. The molecule has 0 radical (unpaired) electrons. The minimum absolute atomic E-state index is 0.0470. The van der Waals surface area contributed by atoms with Gasteiger partial charge >= 0.3 is 0 Å². The summed E-state index contributed by atoms with van der Waals surface area (Å²) < 4.78 is 3.59. The van der Waals surface area contributed by atoms with Crippen LogP contribution in [0.15, 0.2) is 23.0 Å². The van der Waals surface area contributed by atoms with Gasteiger partial charge in [0.05, 0.1) is 23.0 Å². The van der Waals surface area contributed by atoms with Crippen molar-refractivity contribution in [1.82, 2.24) is 24.1 Å². The number of nitrogens with zero attached hydrogens (tertiary/aromatic N) is 5. The van der Waals surface area contributed by atoms with E-state index >= 15 is 0 Å². The molecule has 2 fully saturated rings. The van der Waals surface area contributed by atoms with Crippen LogP contribution in [0.1, 0.15) is 44.0 Å². The van der Waals surface area contributed by atoms with Gasteiger partial charge < -0.3 is 5.11 Å². The Morgan fingerprint density at radius 2 is 1.93 bits per heavy atom. The van der Waals surface area contributed by atoms with Gasteiger partial charge in [0.1, 0.15) is 0 Å². The van der Waals surface area contributed by atoms with Crippen LogP contribution < -0.4 is 5.56 Å². The Morgan fingerprint density at radius 1 is 1.22 bits per heavy atom. The van der Waals surface area contributed by atoms with Crippen molar-refractivity contribution in [2.24, 2.45) is 7.05 Å². The molecular weight excluding hydrogens is 342 g/mol. The lowest BCUT2D eigenvalue weighted by Crippen LogP contribution is -2.49. The predicted octanol–water partition coefficient (Wildman–Crippen LogP) is 1.77. The molecule has 2 aromatic heterocycles. The Hall–Kier alpha value is -2.25. The Balaban J connectivity index is 1.63. The lowest BCUT2D eigenvalue weighted by Gasteiger charge is -2.41. The quantitative estimate of drug-likeness (QED) is 0.747. The molecule has 0 amide bonds. The van der Waals surface area contributed by atoms with Gasteiger partial charge in [-0.15, -0.1) is 10.2 Å². The Bertz CT molecular complexity index is 1100. The van der Waals surface area contributed by atoms with Crippen molar-refractivity contribution >= 4 is 16.7 Å². The standard InChI is InChI=1S/C20H25N5O2/c1-12-4-7-16-15(8-12)18(26)23(3)19-22-21-17(25(16)19)11-24-13-5-6-14(24)10-20(2,27)9-13/h4,7-8,13-14,27H,5-6,9-11H2,1-3H3. The highest BCUT2D eigenvalue weighted by Crippen LogP contribution is 2.41. The SMILES string of the molecule is Cc1ccc2c(c1)c(=O)n(C)c1nnc(CN3C4CCC3CC(C)(O)C4)n21. The van der Waals surface area contributed by atoms with E-state index in [0.717, 1.165) is 42.6 Å². The molecule has 27 heavy (non-hydrogen) atoms. The number of aromatic nitrogens is 4. The number of aryl methyl sites for hydroxylation is 2. The molecule has 7 heteroatoms. The Labute approximate surface area is 157 Å². The predicted molar refractivity (Wildman–Crippen MR) is 103 cm³/mol. The van der Waals surface area contributed by atoms with E-state index in [4.69, 9.17) is 0 Å². The highest BCUT2D eigenvalue weighted by atomic mass is 16.3. The number of benzene rings is 1. The average molecular weight is 367 g/mol. The third-order valence-corrected chi connectivity index (χ3v) is 6.39. The van der Waals surface area contributed by atoms with Gasteiger partial charge in [0, 0.05) is 19.1 Å². The molecule has 0 spiro atoms. The molecule has 0 aliphatic carbocycles. The van der Waals surface area contributed by atoms with Crippen molar-refractivity contribution in [3.63, 3.8) is 0 Å². The van der Waals surface area contributed by atoms with E-state index < -0.39 is 5.60 Å². The molecule has 1 aromatic carbocycles. The van der Waals surface area contributed by atoms with Crippen LogP contribution in [0.5, 0.6) is 0 Å². The molecule has 2 unspecified atom stereocenters. The van der Waals surface area contributed by atoms with Crippen LogP contribution in [0.3, 0.4) is 0 Å². The van der Waals surface area contributed by atoms with Gasteiger partial charge in [-0.25, -0.2) is 0 Å². The second-order valence-corrected chi connectivity index (χ2v) is 8.60. The van der Waals surface area contributed by atoms with Gasteiger partial charge in [-0.1, -0.05) is 11.6 Å². The van der Waals surface area contributed by atoms with Crippen LogP contribution >= 0.6 is 0 Å². The normalized spacial score (nSPS) is 28.4. The molecule has 5 rings (SSSR count). The Morgan fingerprint density at radius 3 is 2.63 bits per heavy atom. The van der Waals surface area contributed by atoms with Gasteiger partial charge in [0.2, 0.25) is 5.78 Å². The van der Waals surface area contributed by atoms with E-state index in [0.29, 0.717) is 29.8 Å². The Kier molecular flexibility index (Phi) is 3.52. The fraction of sp³-hybridized carbons (Fsp3) is 0.550. The summed E-state index contributed by atoms with van der Waals surface area (Å²) in [6.07, 6.45) is 3.85. The fourth-order valence-electron chi connectivity index (χ4n) is 5.13. The van der Waals surface area contributed by atoms with E-state index in [9.17, 15) is 9.90 Å². The van der Waals surface area contributed by atoms with Gasteiger partial charge in [0.25, 0.3) is 5.56 Å². The zero-order valence-corrected chi connectivity index (χ0v) is 16.0. The maximum atomic E-state index is 12.7. The zero-order valence-electron chi connectivity index (χ0n) is 16.0. The third kappa shape index (κ3) is 2.52. The van der Waals surface area contributed by atoms with Crippen LogP contribution in [-0.4, -0.2) is 46.9 Å². The molecule has 142 valence electrons. The first-order valence-corrected chi connectivity index (χ1v) is 9.65.